The van der Waals surface area contributed by atoms with E-state index in [1.807, 2.05) is 13.0 Å². The second-order valence-corrected chi connectivity index (χ2v) is 11.2. The molecule has 1 aromatic heterocycles. The van der Waals surface area contributed by atoms with Crippen LogP contribution in [-0.2, 0) is 11.3 Å². The van der Waals surface area contributed by atoms with Crippen LogP contribution in [0.25, 0.3) is 6.08 Å². The third-order valence-corrected chi connectivity index (χ3v) is 7.61. The number of nitriles is 1. The molecule has 1 atom stereocenters. The average molecular weight is 487 g/mol. The van der Waals surface area contributed by atoms with Gasteiger partial charge in [-0.1, -0.05) is 58.1 Å². The van der Waals surface area contributed by atoms with Gasteiger partial charge in [0.25, 0.3) is 11.5 Å². The molecule has 33 heavy (non-hydrogen) atoms. The molecular formula is C25H34N4O2S2. The van der Waals surface area contributed by atoms with Crippen molar-refractivity contribution < 1.29 is 4.79 Å². The first-order valence-corrected chi connectivity index (χ1v) is 13.1. The van der Waals surface area contributed by atoms with Crippen molar-refractivity contribution >= 4 is 46.1 Å². The number of carbonyl (C=O) groups is 1. The van der Waals surface area contributed by atoms with Crippen LogP contribution in [0.5, 0.6) is 0 Å². The average Bonchev–Trinajstić information content (AvgIpc) is 3.02. The number of thioether (sulfide) groups is 1. The minimum absolute atomic E-state index is 0.0964. The smallest absolute Gasteiger partial charge is 0.270 e. The number of rotatable bonds is 7. The number of carbonyl (C=O) groups excluding carboxylic acids is 1. The van der Waals surface area contributed by atoms with E-state index >= 15 is 0 Å². The van der Waals surface area contributed by atoms with Gasteiger partial charge in [-0.25, -0.2) is 0 Å². The Hall–Kier alpha value is -2.11. The molecule has 1 aromatic rings. The number of amides is 1. The Morgan fingerprint density at radius 1 is 1.33 bits per heavy atom. The van der Waals surface area contributed by atoms with Crippen LogP contribution in [0.15, 0.2) is 9.70 Å². The summed E-state index contributed by atoms with van der Waals surface area (Å²) in [6.07, 6.45) is 5.87. The van der Waals surface area contributed by atoms with Crippen LogP contribution in [0.4, 0.5) is 5.82 Å². The summed E-state index contributed by atoms with van der Waals surface area (Å²) in [6.45, 7) is 13.1. The first-order chi connectivity index (χ1) is 15.7. The van der Waals surface area contributed by atoms with E-state index in [0.717, 1.165) is 50.2 Å². The Morgan fingerprint density at radius 3 is 2.67 bits per heavy atom. The van der Waals surface area contributed by atoms with Crippen molar-refractivity contribution in [3.05, 3.63) is 31.9 Å². The number of nitrogens with zero attached hydrogens (tertiary/aromatic N) is 4. The highest BCUT2D eigenvalue weighted by Gasteiger charge is 2.34. The number of aromatic nitrogens is 1. The number of pyridine rings is 1. The van der Waals surface area contributed by atoms with Gasteiger partial charge in [-0.3, -0.25) is 19.1 Å². The van der Waals surface area contributed by atoms with E-state index in [9.17, 15) is 14.9 Å². The number of thiocarbonyl (C=S) groups is 1. The largest absolute Gasteiger partial charge is 0.357 e. The van der Waals surface area contributed by atoms with Crippen LogP contribution in [0.3, 0.4) is 0 Å². The fourth-order valence-corrected chi connectivity index (χ4v) is 5.80. The van der Waals surface area contributed by atoms with Gasteiger partial charge in [-0.15, -0.1) is 0 Å². The predicted molar refractivity (Wildman–Crippen MR) is 140 cm³/mol. The second kappa shape index (κ2) is 10.9. The van der Waals surface area contributed by atoms with Gasteiger partial charge in [0.05, 0.1) is 4.91 Å². The van der Waals surface area contributed by atoms with Gasteiger partial charge >= 0.3 is 0 Å². The van der Waals surface area contributed by atoms with E-state index in [1.165, 1.54) is 11.8 Å². The quantitative estimate of drug-likeness (QED) is 0.402. The van der Waals surface area contributed by atoms with Gasteiger partial charge < -0.3 is 4.90 Å². The van der Waals surface area contributed by atoms with E-state index in [-0.39, 0.29) is 17.0 Å². The lowest BCUT2D eigenvalue weighted by Gasteiger charge is -2.36. The molecule has 0 N–H and O–H groups in total. The highest BCUT2D eigenvalue weighted by molar-refractivity contribution is 8.26. The topological polar surface area (TPSA) is 69.3 Å². The molecule has 1 amide bonds. The SMILES string of the molecule is CCCCn1c(N2CCCC(C)C2)c(/C=C2/SC(=S)N(CC(C)C)C2=O)c(C)c(C#N)c1=O. The molecule has 8 heteroatoms. The normalized spacial score (nSPS) is 20.3. The molecule has 2 fully saturated rings. The van der Waals surface area contributed by atoms with Crippen LogP contribution in [0.2, 0.25) is 0 Å². The van der Waals surface area contributed by atoms with Gasteiger partial charge in [-0.05, 0) is 49.7 Å². The molecule has 2 saturated heterocycles. The van der Waals surface area contributed by atoms with Crippen molar-refractivity contribution in [3.8, 4) is 6.07 Å². The van der Waals surface area contributed by atoms with Gasteiger partial charge in [0.2, 0.25) is 0 Å². The van der Waals surface area contributed by atoms with Gasteiger partial charge in [-0.2, -0.15) is 5.26 Å². The summed E-state index contributed by atoms with van der Waals surface area (Å²) < 4.78 is 2.33. The van der Waals surface area contributed by atoms with Crippen molar-refractivity contribution in [2.45, 2.75) is 66.8 Å². The number of anilines is 1. The van der Waals surface area contributed by atoms with Crippen LogP contribution < -0.4 is 10.5 Å². The van der Waals surface area contributed by atoms with Crippen LogP contribution in [-0.4, -0.2) is 39.3 Å². The summed E-state index contributed by atoms with van der Waals surface area (Å²) in [7, 11) is 0. The first-order valence-electron chi connectivity index (χ1n) is 11.9. The molecule has 0 saturated carbocycles. The molecule has 0 spiro atoms. The molecule has 178 valence electrons. The Bertz CT molecular complexity index is 1070. The molecule has 0 radical (unpaired) electrons. The maximum absolute atomic E-state index is 13.3. The monoisotopic (exact) mass is 486 g/mol. The molecule has 0 aliphatic carbocycles. The molecular weight excluding hydrogens is 452 g/mol. The summed E-state index contributed by atoms with van der Waals surface area (Å²) in [5, 5.41) is 9.81. The predicted octanol–water partition coefficient (Wildman–Crippen LogP) is 4.92. The van der Waals surface area contributed by atoms with Gasteiger partial charge in [0, 0.05) is 31.7 Å². The van der Waals surface area contributed by atoms with Crippen LogP contribution in [0, 0.1) is 30.1 Å². The van der Waals surface area contributed by atoms with E-state index in [2.05, 4.69) is 38.7 Å². The Kier molecular flexibility index (Phi) is 8.41. The fraction of sp³-hybridized carbons (Fsp3) is 0.600. The van der Waals surface area contributed by atoms with Crippen molar-refractivity contribution in [3.63, 3.8) is 0 Å². The first kappa shape index (κ1) is 25.5. The molecule has 6 nitrogen and oxygen atoms in total. The standard InChI is InChI=1S/C25H34N4O2S2/c1-6-7-11-28-22(27-10-8-9-17(4)15-27)19(18(5)20(13-26)23(28)30)12-21-24(31)29(14-16(2)3)25(32)33-21/h12,16-17H,6-11,14-15H2,1-5H3/b21-12+. The van der Waals surface area contributed by atoms with Crippen LogP contribution in [0.1, 0.15) is 70.1 Å². The summed E-state index contributed by atoms with van der Waals surface area (Å²) in [6, 6.07) is 2.13. The van der Waals surface area contributed by atoms with Crippen molar-refractivity contribution in [1.29, 1.82) is 5.26 Å². The number of unbranched alkanes of at least 4 members (excludes halogenated alkanes) is 1. The lowest BCUT2D eigenvalue weighted by atomic mass is 9.98. The van der Waals surface area contributed by atoms with Crippen molar-refractivity contribution in [2.75, 3.05) is 24.5 Å². The maximum atomic E-state index is 13.3. The Morgan fingerprint density at radius 2 is 2.06 bits per heavy atom. The van der Waals surface area contributed by atoms with Gasteiger partial charge in [0.1, 0.15) is 21.8 Å². The fourth-order valence-electron chi connectivity index (χ4n) is 4.54. The highest BCUT2D eigenvalue weighted by atomic mass is 32.2. The van der Waals surface area contributed by atoms with Gasteiger partial charge in [0.15, 0.2) is 0 Å². The Labute approximate surface area is 206 Å². The number of hydrogen-bond donors (Lipinski definition) is 0. The molecule has 1 unspecified atom stereocenters. The Balaban J connectivity index is 2.22. The molecule has 0 aromatic carbocycles. The van der Waals surface area contributed by atoms with E-state index in [0.29, 0.717) is 39.7 Å². The lowest BCUT2D eigenvalue weighted by Crippen LogP contribution is -2.40. The van der Waals surface area contributed by atoms with Crippen LogP contribution >= 0.6 is 24.0 Å². The number of piperidine rings is 1. The van der Waals surface area contributed by atoms with E-state index < -0.39 is 0 Å². The summed E-state index contributed by atoms with van der Waals surface area (Å²) in [5.41, 5.74) is 1.35. The minimum atomic E-state index is -0.235. The highest BCUT2D eigenvalue weighted by Crippen LogP contribution is 2.37. The van der Waals surface area contributed by atoms with E-state index in [1.54, 1.807) is 9.47 Å². The summed E-state index contributed by atoms with van der Waals surface area (Å²) in [5.74, 6) is 1.56. The molecule has 2 aliphatic rings. The maximum Gasteiger partial charge on any atom is 0.270 e. The summed E-state index contributed by atoms with van der Waals surface area (Å²) in [4.78, 5) is 31.0. The lowest BCUT2D eigenvalue weighted by molar-refractivity contribution is -0.122. The summed E-state index contributed by atoms with van der Waals surface area (Å²) >= 11 is 6.80. The molecule has 3 rings (SSSR count). The molecule has 3 heterocycles. The van der Waals surface area contributed by atoms with Crippen molar-refractivity contribution in [1.82, 2.24) is 9.47 Å². The number of hydrogen-bond acceptors (Lipinski definition) is 6. The zero-order valence-electron chi connectivity index (χ0n) is 20.3. The van der Waals surface area contributed by atoms with E-state index in [4.69, 9.17) is 12.2 Å². The molecule has 2 aliphatic heterocycles. The molecule has 0 bridgehead atoms. The zero-order valence-corrected chi connectivity index (χ0v) is 21.9. The van der Waals surface area contributed by atoms with Crippen molar-refractivity contribution in [2.24, 2.45) is 11.8 Å². The third-order valence-electron chi connectivity index (χ3n) is 6.23. The third kappa shape index (κ3) is 5.36. The minimum Gasteiger partial charge on any atom is -0.357 e. The second-order valence-electron chi connectivity index (χ2n) is 9.54. The zero-order chi connectivity index (χ0) is 24.3.